The molecule has 0 heterocycles. The lowest BCUT2D eigenvalue weighted by molar-refractivity contribution is -0.384. The summed E-state index contributed by atoms with van der Waals surface area (Å²) in [5, 5.41) is 13.5. The highest BCUT2D eigenvalue weighted by Gasteiger charge is 2.16. The molecule has 0 bridgehead atoms. The maximum atomic E-state index is 12.3. The van der Waals surface area contributed by atoms with Gasteiger partial charge in [-0.1, -0.05) is 48.0 Å². The van der Waals surface area contributed by atoms with E-state index in [2.05, 4.69) is 16.1 Å². The van der Waals surface area contributed by atoms with Crippen molar-refractivity contribution in [2.75, 3.05) is 6.54 Å². The molecule has 0 unspecified atom stereocenters. The molecule has 0 spiro atoms. The van der Waals surface area contributed by atoms with Gasteiger partial charge in [-0.05, 0) is 41.8 Å². The Morgan fingerprint density at radius 2 is 1.62 bits per heavy atom. The van der Waals surface area contributed by atoms with Gasteiger partial charge in [-0.3, -0.25) is 14.9 Å². The fourth-order valence-corrected chi connectivity index (χ4v) is 4.14. The number of rotatable bonds is 9. The van der Waals surface area contributed by atoms with Crippen molar-refractivity contribution < 1.29 is 18.1 Å². The molecule has 3 aromatic carbocycles. The van der Waals surface area contributed by atoms with Crippen molar-refractivity contribution in [1.29, 1.82) is 0 Å². The summed E-state index contributed by atoms with van der Waals surface area (Å²) in [6.07, 6.45) is -0.0379. The van der Waals surface area contributed by atoms with Crippen molar-refractivity contribution in [3.05, 3.63) is 94.0 Å². The highest BCUT2D eigenvalue weighted by atomic mass is 32.2. The summed E-state index contributed by atoms with van der Waals surface area (Å²) in [7, 11) is -3.86. The first-order chi connectivity index (χ1) is 15.2. The number of amides is 1. The van der Waals surface area contributed by atoms with Crippen molar-refractivity contribution in [2.45, 2.75) is 24.8 Å². The van der Waals surface area contributed by atoms with Crippen LogP contribution in [-0.2, 0) is 21.4 Å². The third-order valence-electron chi connectivity index (χ3n) is 4.77. The Balaban J connectivity index is 1.50. The van der Waals surface area contributed by atoms with Gasteiger partial charge in [-0.25, -0.2) is 13.1 Å². The number of hydrogen-bond donors (Lipinski definition) is 2. The van der Waals surface area contributed by atoms with Gasteiger partial charge in [-0.15, -0.1) is 0 Å². The van der Waals surface area contributed by atoms with Crippen LogP contribution in [0.3, 0.4) is 0 Å². The number of nitrogens with zero attached hydrogens (tertiary/aromatic N) is 1. The van der Waals surface area contributed by atoms with Crippen LogP contribution in [0.25, 0.3) is 11.1 Å². The zero-order valence-corrected chi connectivity index (χ0v) is 18.3. The van der Waals surface area contributed by atoms with Gasteiger partial charge in [0.2, 0.25) is 15.9 Å². The molecule has 0 aliphatic carbocycles. The van der Waals surface area contributed by atoms with Gasteiger partial charge in [0.05, 0.1) is 9.82 Å². The van der Waals surface area contributed by atoms with E-state index in [1.807, 2.05) is 49.4 Å². The van der Waals surface area contributed by atoms with Gasteiger partial charge >= 0.3 is 0 Å². The van der Waals surface area contributed by atoms with Crippen molar-refractivity contribution in [1.82, 2.24) is 10.0 Å². The molecule has 8 nitrogen and oxygen atoms in total. The van der Waals surface area contributed by atoms with Gasteiger partial charge < -0.3 is 5.32 Å². The van der Waals surface area contributed by atoms with E-state index in [0.717, 1.165) is 46.5 Å². The van der Waals surface area contributed by atoms with Crippen LogP contribution in [0, 0.1) is 17.0 Å². The Kier molecular flexibility index (Phi) is 7.34. The Morgan fingerprint density at radius 3 is 2.28 bits per heavy atom. The van der Waals surface area contributed by atoms with Crippen LogP contribution in [0.5, 0.6) is 0 Å². The van der Waals surface area contributed by atoms with E-state index in [4.69, 9.17) is 0 Å². The minimum Gasteiger partial charge on any atom is -0.352 e. The van der Waals surface area contributed by atoms with Crippen LogP contribution in [0.2, 0.25) is 0 Å². The van der Waals surface area contributed by atoms with Crippen LogP contribution < -0.4 is 10.0 Å². The molecule has 0 aliphatic heterocycles. The van der Waals surface area contributed by atoms with Crippen molar-refractivity contribution in [3.63, 3.8) is 0 Å². The third kappa shape index (κ3) is 6.22. The fourth-order valence-electron chi connectivity index (χ4n) is 3.10. The number of nitro groups is 1. The van der Waals surface area contributed by atoms with Crippen LogP contribution in [0.15, 0.2) is 77.7 Å². The largest absolute Gasteiger partial charge is 0.352 e. The summed E-state index contributed by atoms with van der Waals surface area (Å²) in [4.78, 5) is 22.1. The maximum absolute atomic E-state index is 12.3. The molecule has 3 rings (SSSR count). The first-order valence-corrected chi connectivity index (χ1v) is 11.4. The Labute approximate surface area is 186 Å². The van der Waals surface area contributed by atoms with E-state index in [1.165, 1.54) is 0 Å². The predicted octanol–water partition coefficient (Wildman–Crippen LogP) is 3.56. The minimum atomic E-state index is -3.86. The van der Waals surface area contributed by atoms with Crippen LogP contribution >= 0.6 is 0 Å². The highest BCUT2D eigenvalue weighted by Crippen LogP contribution is 2.21. The highest BCUT2D eigenvalue weighted by molar-refractivity contribution is 7.89. The van der Waals surface area contributed by atoms with Crippen molar-refractivity contribution in [2.24, 2.45) is 0 Å². The van der Waals surface area contributed by atoms with Crippen molar-refractivity contribution in [3.8, 4) is 11.1 Å². The first-order valence-electron chi connectivity index (χ1n) is 9.91. The van der Waals surface area contributed by atoms with Gasteiger partial charge in [0, 0.05) is 31.6 Å². The first kappa shape index (κ1) is 23.1. The van der Waals surface area contributed by atoms with E-state index < -0.39 is 14.9 Å². The average Bonchev–Trinajstić information content (AvgIpc) is 2.78. The lowest BCUT2D eigenvalue weighted by atomic mass is 10.0. The summed E-state index contributed by atoms with van der Waals surface area (Å²) in [5.74, 6) is -0.294. The Morgan fingerprint density at radius 1 is 0.969 bits per heavy atom. The van der Waals surface area contributed by atoms with Crippen LogP contribution in [-0.4, -0.2) is 25.8 Å². The lowest BCUT2D eigenvalue weighted by Crippen LogP contribution is -2.30. The standard InChI is InChI=1S/C23H23N3O5S/c1-17-4-2-6-19(14-17)20-7-3-5-18(15-20)16-24-23(27)12-13-25-32(30,31)22-10-8-21(9-11-22)26(28)29/h2-11,14-15,25H,12-13,16H2,1H3,(H,24,27). The zero-order valence-electron chi connectivity index (χ0n) is 17.4. The number of nitrogens with one attached hydrogen (secondary N) is 2. The number of nitro benzene ring substituents is 1. The lowest BCUT2D eigenvalue weighted by Gasteiger charge is -2.09. The van der Waals surface area contributed by atoms with E-state index >= 15 is 0 Å². The monoisotopic (exact) mass is 453 g/mol. The normalized spacial score (nSPS) is 11.2. The molecule has 0 atom stereocenters. The summed E-state index contributed by atoms with van der Waals surface area (Å²) >= 11 is 0. The third-order valence-corrected chi connectivity index (χ3v) is 6.25. The zero-order chi connectivity index (χ0) is 23.1. The number of hydrogen-bond acceptors (Lipinski definition) is 5. The van der Waals surface area contributed by atoms with Gasteiger partial charge in [0.15, 0.2) is 0 Å². The predicted molar refractivity (Wildman–Crippen MR) is 121 cm³/mol. The summed E-state index contributed by atoms with van der Waals surface area (Å²) in [6.45, 7) is 2.27. The summed E-state index contributed by atoms with van der Waals surface area (Å²) in [6, 6.07) is 20.5. The Hall–Kier alpha value is -3.56. The average molecular weight is 454 g/mol. The van der Waals surface area contributed by atoms with Crippen LogP contribution in [0.4, 0.5) is 5.69 Å². The topological polar surface area (TPSA) is 118 Å². The second-order valence-electron chi connectivity index (χ2n) is 7.25. The second kappa shape index (κ2) is 10.2. The maximum Gasteiger partial charge on any atom is 0.269 e. The van der Waals surface area contributed by atoms with Crippen LogP contribution in [0.1, 0.15) is 17.5 Å². The molecule has 0 aliphatic rings. The number of non-ortho nitro benzene ring substituents is 1. The quantitative estimate of drug-likeness (QED) is 0.379. The fraction of sp³-hybridized carbons (Fsp3) is 0.174. The van der Waals surface area contributed by atoms with E-state index in [9.17, 15) is 23.3 Å². The molecule has 9 heteroatoms. The molecule has 1 amide bonds. The molecule has 2 N–H and O–H groups in total. The molecule has 3 aromatic rings. The number of benzene rings is 3. The molecule has 0 aromatic heterocycles. The Bertz CT molecular complexity index is 1220. The van der Waals surface area contributed by atoms with E-state index in [-0.39, 0.29) is 29.5 Å². The number of sulfonamides is 1. The number of carbonyl (C=O) groups excluding carboxylic acids is 1. The summed E-state index contributed by atoms with van der Waals surface area (Å²) in [5.41, 5.74) is 4.05. The van der Waals surface area contributed by atoms with Crippen molar-refractivity contribution >= 4 is 21.6 Å². The molecular weight excluding hydrogens is 430 g/mol. The van der Waals surface area contributed by atoms with Gasteiger partial charge in [0.25, 0.3) is 5.69 Å². The van der Waals surface area contributed by atoms with E-state index in [1.54, 1.807) is 0 Å². The second-order valence-corrected chi connectivity index (χ2v) is 9.01. The molecule has 32 heavy (non-hydrogen) atoms. The molecule has 0 saturated heterocycles. The number of aryl methyl sites for hydroxylation is 1. The van der Waals surface area contributed by atoms with Gasteiger partial charge in [-0.2, -0.15) is 0 Å². The smallest absolute Gasteiger partial charge is 0.269 e. The molecular formula is C23H23N3O5S. The molecule has 166 valence electrons. The van der Waals surface area contributed by atoms with Gasteiger partial charge in [0.1, 0.15) is 0 Å². The molecule has 0 radical (unpaired) electrons. The SMILES string of the molecule is Cc1cccc(-c2cccc(CNC(=O)CCNS(=O)(=O)c3ccc([N+](=O)[O-])cc3)c2)c1. The molecule has 0 saturated carbocycles. The summed E-state index contributed by atoms with van der Waals surface area (Å²) < 4.78 is 26.8. The number of carbonyl (C=O) groups is 1. The minimum absolute atomic E-state index is 0.0379. The molecule has 0 fully saturated rings. The van der Waals surface area contributed by atoms with E-state index in [0.29, 0.717) is 6.54 Å².